The fourth-order valence-electron chi connectivity index (χ4n) is 2.38. The molecule has 0 spiro atoms. The van der Waals surface area contributed by atoms with Gasteiger partial charge in [0.15, 0.2) is 0 Å². The number of aromatic amines is 1. The third-order valence-electron chi connectivity index (χ3n) is 3.68. The Bertz CT molecular complexity index is 748. The average molecular weight is 266 g/mol. The summed E-state index contributed by atoms with van der Waals surface area (Å²) in [7, 11) is 0. The Hall–Kier alpha value is -2.23. The van der Waals surface area contributed by atoms with Gasteiger partial charge in [-0.05, 0) is 56.5 Å². The smallest absolute Gasteiger partial charge is 0.140 e. The quantitative estimate of drug-likeness (QED) is 0.772. The molecule has 3 aromatic rings. The Labute approximate surface area is 118 Å². The van der Waals surface area contributed by atoms with E-state index in [-0.39, 0.29) is 0 Å². The minimum atomic E-state index is 0.845. The number of fused-ring (bicyclic) bond motifs is 1. The summed E-state index contributed by atoms with van der Waals surface area (Å²) >= 11 is 0. The highest BCUT2D eigenvalue weighted by Crippen LogP contribution is 2.25. The summed E-state index contributed by atoms with van der Waals surface area (Å²) in [4.78, 5) is 8.11. The minimum Gasteiger partial charge on any atom is -0.338 e. The molecule has 0 aliphatic rings. The van der Waals surface area contributed by atoms with Crippen LogP contribution in [0.25, 0.3) is 22.4 Å². The summed E-state index contributed by atoms with van der Waals surface area (Å²) in [5.41, 5.74) is 7.53. The number of nitrogens with zero attached hydrogens (tertiary/aromatic N) is 3. The highest BCUT2D eigenvalue weighted by atomic mass is 15.1. The molecule has 0 bridgehead atoms. The van der Waals surface area contributed by atoms with Crippen LogP contribution in [0, 0.1) is 20.8 Å². The highest BCUT2D eigenvalue weighted by Gasteiger charge is 2.12. The Balaban J connectivity index is 2.22. The summed E-state index contributed by atoms with van der Waals surface area (Å²) < 4.78 is 0. The second-order valence-electron chi connectivity index (χ2n) is 5.24. The van der Waals surface area contributed by atoms with E-state index in [4.69, 9.17) is 4.98 Å². The molecule has 0 unspecified atom stereocenters. The van der Waals surface area contributed by atoms with Crippen molar-refractivity contribution in [1.29, 1.82) is 0 Å². The maximum atomic E-state index is 4.71. The molecular weight excluding hydrogens is 248 g/mol. The van der Waals surface area contributed by atoms with Gasteiger partial charge in [0.25, 0.3) is 0 Å². The minimum absolute atomic E-state index is 0.845. The van der Waals surface area contributed by atoms with E-state index < -0.39 is 0 Å². The molecule has 0 fully saturated rings. The molecule has 102 valence electrons. The zero-order chi connectivity index (χ0) is 14.3. The van der Waals surface area contributed by atoms with Gasteiger partial charge in [0.1, 0.15) is 5.82 Å². The molecular formula is C16H18N4. The SMILES string of the molecule is CCc1nnc(C)cc1-c1nc2cc(C)c(C)cc2[nH]1. The molecule has 4 nitrogen and oxygen atoms in total. The maximum Gasteiger partial charge on any atom is 0.140 e. The Kier molecular flexibility index (Phi) is 3.01. The first kappa shape index (κ1) is 12.8. The van der Waals surface area contributed by atoms with E-state index in [0.717, 1.165) is 40.2 Å². The number of aryl methyl sites for hydroxylation is 4. The van der Waals surface area contributed by atoms with Crippen LogP contribution in [0.1, 0.15) is 29.4 Å². The molecule has 0 aliphatic carbocycles. The predicted octanol–water partition coefficient (Wildman–Crippen LogP) is 3.51. The normalized spacial score (nSPS) is 11.2. The molecule has 1 aromatic carbocycles. The molecule has 3 rings (SSSR count). The lowest BCUT2D eigenvalue weighted by Crippen LogP contribution is -1.98. The molecule has 4 heteroatoms. The van der Waals surface area contributed by atoms with Crippen LogP contribution < -0.4 is 0 Å². The number of benzene rings is 1. The van der Waals surface area contributed by atoms with Gasteiger partial charge in [-0.1, -0.05) is 6.92 Å². The first-order valence-electron chi connectivity index (χ1n) is 6.89. The molecule has 0 aliphatic heterocycles. The number of hydrogen-bond acceptors (Lipinski definition) is 3. The summed E-state index contributed by atoms with van der Waals surface area (Å²) in [6.07, 6.45) is 0.845. The molecule has 0 atom stereocenters. The zero-order valence-corrected chi connectivity index (χ0v) is 12.3. The molecule has 0 amide bonds. The molecule has 0 saturated heterocycles. The Morgan fingerprint density at radius 1 is 1.00 bits per heavy atom. The van der Waals surface area contributed by atoms with Crippen molar-refractivity contribution in [2.75, 3.05) is 0 Å². The van der Waals surface area contributed by atoms with E-state index in [0.29, 0.717) is 0 Å². The molecule has 2 heterocycles. The zero-order valence-electron chi connectivity index (χ0n) is 12.3. The lowest BCUT2D eigenvalue weighted by Gasteiger charge is -2.03. The van der Waals surface area contributed by atoms with Crippen molar-refractivity contribution >= 4 is 11.0 Å². The van der Waals surface area contributed by atoms with Crippen molar-refractivity contribution in [1.82, 2.24) is 20.2 Å². The van der Waals surface area contributed by atoms with E-state index in [9.17, 15) is 0 Å². The maximum absolute atomic E-state index is 4.71. The lowest BCUT2D eigenvalue weighted by atomic mass is 10.1. The van der Waals surface area contributed by atoms with Gasteiger partial charge in [0.05, 0.1) is 22.4 Å². The third-order valence-corrected chi connectivity index (χ3v) is 3.68. The topological polar surface area (TPSA) is 54.5 Å². The number of H-pyrrole nitrogens is 1. The number of hydrogen-bond donors (Lipinski definition) is 1. The summed E-state index contributed by atoms with van der Waals surface area (Å²) in [6, 6.07) is 6.31. The largest absolute Gasteiger partial charge is 0.338 e. The van der Waals surface area contributed by atoms with Crippen molar-refractivity contribution in [3.05, 3.63) is 40.7 Å². The summed E-state index contributed by atoms with van der Waals surface area (Å²) in [5, 5.41) is 8.39. The fourth-order valence-corrected chi connectivity index (χ4v) is 2.38. The lowest BCUT2D eigenvalue weighted by molar-refractivity contribution is 0.893. The molecule has 20 heavy (non-hydrogen) atoms. The van der Waals surface area contributed by atoms with Crippen LogP contribution in [0.5, 0.6) is 0 Å². The monoisotopic (exact) mass is 266 g/mol. The molecule has 2 aromatic heterocycles. The van der Waals surface area contributed by atoms with Gasteiger partial charge in [-0.15, -0.1) is 0 Å². The number of imidazole rings is 1. The van der Waals surface area contributed by atoms with Crippen molar-refractivity contribution in [3.8, 4) is 11.4 Å². The second kappa shape index (κ2) is 4.71. The predicted molar refractivity (Wildman–Crippen MR) is 80.7 cm³/mol. The second-order valence-corrected chi connectivity index (χ2v) is 5.24. The van der Waals surface area contributed by atoms with E-state index in [1.807, 2.05) is 13.0 Å². The summed E-state index contributed by atoms with van der Waals surface area (Å²) in [5.74, 6) is 0.875. The van der Waals surface area contributed by atoms with Crippen LogP contribution in [0.2, 0.25) is 0 Å². The van der Waals surface area contributed by atoms with Gasteiger partial charge in [0, 0.05) is 5.56 Å². The number of rotatable bonds is 2. The van der Waals surface area contributed by atoms with Crippen LogP contribution in [0.4, 0.5) is 0 Å². The first-order valence-corrected chi connectivity index (χ1v) is 6.89. The van der Waals surface area contributed by atoms with Crippen LogP contribution in [0.15, 0.2) is 18.2 Å². The fraction of sp³-hybridized carbons (Fsp3) is 0.312. The standard InChI is InChI=1S/C16H18N4/c1-5-13-12(8-11(4)19-20-13)16-17-14-6-9(2)10(3)7-15(14)18-16/h6-8H,5H2,1-4H3,(H,17,18). The molecule has 0 radical (unpaired) electrons. The van der Waals surface area contributed by atoms with Crippen LogP contribution in [-0.4, -0.2) is 20.2 Å². The van der Waals surface area contributed by atoms with E-state index in [1.54, 1.807) is 0 Å². The van der Waals surface area contributed by atoms with Crippen molar-refractivity contribution in [2.45, 2.75) is 34.1 Å². The molecule has 0 saturated carbocycles. The third kappa shape index (κ3) is 2.07. The van der Waals surface area contributed by atoms with Gasteiger partial charge in [0.2, 0.25) is 0 Å². The van der Waals surface area contributed by atoms with E-state index >= 15 is 0 Å². The van der Waals surface area contributed by atoms with Crippen molar-refractivity contribution in [3.63, 3.8) is 0 Å². The Morgan fingerprint density at radius 2 is 1.75 bits per heavy atom. The van der Waals surface area contributed by atoms with Gasteiger partial charge in [-0.2, -0.15) is 10.2 Å². The van der Waals surface area contributed by atoms with E-state index in [2.05, 4.69) is 48.1 Å². The van der Waals surface area contributed by atoms with Crippen LogP contribution >= 0.6 is 0 Å². The number of aromatic nitrogens is 4. The highest BCUT2D eigenvalue weighted by molar-refractivity contribution is 5.81. The molecule has 1 N–H and O–H groups in total. The van der Waals surface area contributed by atoms with Crippen molar-refractivity contribution in [2.24, 2.45) is 0 Å². The van der Waals surface area contributed by atoms with E-state index in [1.165, 1.54) is 11.1 Å². The Morgan fingerprint density at radius 3 is 2.50 bits per heavy atom. The first-order chi connectivity index (χ1) is 9.58. The van der Waals surface area contributed by atoms with Crippen LogP contribution in [-0.2, 0) is 6.42 Å². The van der Waals surface area contributed by atoms with Gasteiger partial charge in [-0.3, -0.25) is 0 Å². The summed E-state index contributed by atoms with van der Waals surface area (Å²) in [6.45, 7) is 8.26. The number of nitrogens with one attached hydrogen (secondary N) is 1. The van der Waals surface area contributed by atoms with Gasteiger partial charge >= 0.3 is 0 Å². The van der Waals surface area contributed by atoms with Gasteiger partial charge in [-0.25, -0.2) is 4.98 Å². The average Bonchev–Trinajstić information content (AvgIpc) is 2.82. The van der Waals surface area contributed by atoms with Gasteiger partial charge < -0.3 is 4.98 Å². The van der Waals surface area contributed by atoms with Crippen LogP contribution in [0.3, 0.4) is 0 Å². The van der Waals surface area contributed by atoms with Crippen molar-refractivity contribution < 1.29 is 0 Å².